The Kier molecular flexibility index (Phi) is 6.64. The van der Waals surface area contributed by atoms with E-state index in [9.17, 15) is 9.18 Å². The van der Waals surface area contributed by atoms with Crippen LogP contribution in [0.3, 0.4) is 0 Å². The summed E-state index contributed by atoms with van der Waals surface area (Å²) in [6.45, 7) is 4.39. The lowest BCUT2D eigenvalue weighted by Crippen LogP contribution is -2.35. The Balaban J connectivity index is 0.000000219. The third-order valence-corrected chi connectivity index (χ3v) is 4.41. The molecule has 0 saturated carbocycles. The average Bonchev–Trinajstić information content (AvgIpc) is 2.52. The van der Waals surface area contributed by atoms with E-state index in [0.717, 1.165) is 18.4 Å². The lowest BCUT2D eigenvalue weighted by atomic mass is 10.1. The molecular weight excluding hydrogens is 348 g/mol. The van der Waals surface area contributed by atoms with Crippen molar-refractivity contribution in [2.75, 3.05) is 11.4 Å². The van der Waals surface area contributed by atoms with Crippen LogP contribution in [0.2, 0.25) is 10.0 Å². The van der Waals surface area contributed by atoms with Crippen molar-refractivity contribution in [1.82, 2.24) is 0 Å². The SMILES string of the molecule is Cc1cc(Cl)c(N2CCCCC2=O)c(Cl)c1.Cc1ccccc1F. The molecule has 0 atom stereocenters. The Labute approximate surface area is 152 Å². The highest BCUT2D eigenvalue weighted by Gasteiger charge is 2.23. The Bertz CT molecular complexity index is 689. The van der Waals surface area contributed by atoms with Crippen molar-refractivity contribution in [2.24, 2.45) is 0 Å². The fraction of sp³-hybridized carbons (Fsp3) is 0.316. The molecule has 1 fully saturated rings. The number of hydrogen-bond donors (Lipinski definition) is 0. The second-order valence-corrected chi connectivity index (χ2v) is 6.64. The maximum Gasteiger partial charge on any atom is 0.227 e. The summed E-state index contributed by atoms with van der Waals surface area (Å²) >= 11 is 12.3. The van der Waals surface area contributed by atoms with Crippen LogP contribution in [0.25, 0.3) is 0 Å². The van der Waals surface area contributed by atoms with Gasteiger partial charge in [0.05, 0.1) is 15.7 Å². The molecule has 0 radical (unpaired) electrons. The van der Waals surface area contributed by atoms with E-state index in [-0.39, 0.29) is 11.7 Å². The van der Waals surface area contributed by atoms with Gasteiger partial charge in [-0.2, -0.15) is 0 Å². The summed E-state index contributed by atoms with van der Waals surface area (Å²) < 4.78 is 12.3. The van der Waals surface area contributed by atoms with Gasteiger partial charge in [0.25, 0.3) is 0 Å². The minimum atomic E-state index is -0.132. The zero-order valence-electron chi connectivity index (χ0n) is 13.8. The maximum absolute atomic E-state index is 12.3. The predicted molar refractivity (Wildman–Crippen MR) is 98.5 cm³/mol. The van der Waals surface area contributed by atoms with E-state index in [1.165, 1.54) is 6.07 Å². The molecule has 1 aliphatic heterocycles. The van der Waals surface area contributed by atoms with Crippen molar-refractivity contribution in [3.63, 3.8) is 0 Å². The number of carbonyl (C=O) groups excluding carboxylic acids is 1. The number of anilines is 1. The number of aryl methyl sites for hydroxylation is 2. The molecule has 5 heteroatoms. The molecule has 0 unspecified atom stereocenters. The summed E-state index contributed by atoms with van der Waals surface area (Å²) in [6.07, 6.45) is 2.54. The summed E-state index contributed by atoms with van der Waals surface area (Å²) in [7, 11) is 0. The number of piperidine rings is 1. The predicted octanol–water partition coefficient (Wildman–Crippen LogP) is 5.95. The summed E-state index contributed by atoms with van der Waals surface area (Å²) in [4.78, 5) is 13.5. The first-order valence-corrected chi connectivity index (χ1v) is 8.63. The molecule has 0 N–H and O–H groups in total. The number of rotatable bonds is 1. The van der Waals surface area contributed by atoms with Crippen molar-refractivity contribution in [3.8, 4) is 0 Å². The molecule has 0 aromatic heterocycles. The molecule has 2 aromatic carbocycles. The number of nitrogens with zero attached hydrogens (tertiary/aromatic N) is 1. The van der Waals surface area contributed by atoms with Gasteiger partial charge in [0.2, 0.25) is 5.91 Å². The van der Waals surface area contributed by atoms with Crippen molar-refractivity contribution in [2.45, 2.75) is 33.1 Å². The molecular formula is C19H20Cl2FNO. The number of halogens is 3. The van der Waals surface area contributed by atoms with E-state index in [2.05, 4.69) is 0 Å². The Hall–Kier alpha value is -1.58. The van der Waals surface area contributed by atoms with E-state index in [0.29, 0.717) is 34.3 Å². The van der Waals surface area contributed by atoms with Crippen molar-refractivity contribution in [3.05, 3.63) is 63.4 Å². The van der Waals surface area contributed by atoms with Gasteiger partial charge in [-0.25, -0.2) is 4.39 Å². The van der Waals surface area contributed by atoms with Crippen LogP contribution in [0.4, 0.5) is 10.1 Å². The zero-order valence-corrected chi connectivity index (χ0v) is 15.3. The lowest BCUT2D eigenvalue weighted by Gasteiger charge is -2.28. The monoisotopic (exact) mass is 367 g/mol. The highest BCUT2D eigenvalue weighted by Crippen LogP contribution is 2.36. The smallest absolute Gasteiger partial charge is 0.227 e. The first kappa shape index (κ1) is 18.8. The van der Waals surface area contributed by atoms with Gasteiger partial charge in [-0.15, -0.1) is 0 Å². The lowest BCUT2D eigenvalue weighted by molar-refractivity contribution is -0.119. The van der Waals surface area contributed by atoms with Gasteiger partial charge >= 0.3 is 0 Å². The second-order valence-electron chi connectivity index (χ2n) is 5.83. The zero-order chi connectivity index (χ0) is 17.7. The van der Waals surface area contributed by atoms with E-state index in [1.807, 2.05) is 25.1 Å². The van der Waals surface area contributed by atoms with Gasteiger partial charge in [-0.1, -0.05) is 41.4 Å². The van der Waals surface area contributed by atoms with E-state index >= 15 is 0 Å². The number of amides is 1. The maximum atomic E-state index is 12.3. The average molecular weight is 368 g/mol. The van der Waals surface area contributed by atoms with Gasteiger partial charge < -0.3 is 4.90 Å². The van der Waals surface area contributed by atoms with Gasteiger partial charge in [0.15, 0.2) is 0 Å². The van der Waals surface area contributed by atoms with Crippen LogP contribution >= 0.6 is 23.2 Å². The molecule has 0 bridgehead atoms. The van der Waals surface area contributed by atoms with Gasteiger partial charge in [0.1, 0.15) is 5.82 Å². The fourth-order valence-corrected chi connectivity index (χ4v) is 3.34. The topological polar surface area (TPSA) is 20.3 Å². The third-order valence-electron chi connectivity index (χ3n) is 3.83. The molecule has 1 amide bonds. The quantitative estimate of drug-likeness (QED) is 0.609. The van der Waals surface area contributed by atoms with Crippen LogP contribution in [0.5, 0.6) is 0 Å². The molecule has 2 aromatic rings. The largest absolute Gasteiger partial charge is 0.310 e. The minimum Gasteiger partial charge on any atom is -0.310 e. The number of hydrogen-bond acceptors (Lipinski definition) is 1. The first-order chi connectivity index (χ1) is 11.4. The molecule has 2 nitrogen and oxygen atoms in total. The van der Waals surface area contributed by atoms with E-state index < -0.39 is 0 Å². The second kappa shape index (κ2) is 8.50. The van der Waals surface area contributed by atoms with Gasteiger partial charge in [-0.3, -0.25) is 4.79 Å². The number of carbonyl (C=O) groups is 1. The molecule has 0 spiro atoms. The van der Waals surface area contributed by atoms with Crippen molar-refractivity contribution >= 4 is 34.8 Å². The molecule has 1 heterocycles. The molecule has 24 heavy (non-hydrogen) atoms. The van der Waals surface area contributed by atoms with Crippen molar-refractivity contribution < 1.29 is 9.18 Å². The summed E-state index contributed by atoms with van der Waals surface area (Å²) in [5.74, 6) is -0.0218. The Morgan fingerprint density at radius 3 is 2.17 bits per heavy atom. The molecule has 128 valence electrons. The van der Waals surface area contributed by atoms with Crippen LogP contribution in [0.15, 0.2) is 36.4 Å². The highest BCUT2D eigenvalue weighted by atomic mass is 35.5. The van der Waals surface area contributed by atoms with Crippen LogP contribution in [-0.2, 0) is 4.79 Å². The van der Waals surface area contributed by atoms with Crippen LogP contribution < -0.4 is 4.90 Å². The van der Waals surface area contributed by atoms with Crippen LogP contribution in [-0.4, -0.2) is 12.5 Å². The Morgan fingerprint density at radius 1 is 1.04 bits per heavy atom. The third kappa shape index (κ3) is 4.71. The summed E-state index contributed by atoms with van der Waals surface area (Å²) in [5, 5.41) is 1.11. The normalized spacial score (nSPS) is 14.2. The van der Waals surface area contributed by atoms with E-state index in [1.54, 1.807) is 24.0 Å². The summed E-state index contributed by atoms with van der Waals surface area (Å²) in [6, 6.07) is 10.4. The first-order valence-electron chi connectivity index (χ1n) is 7.87. The highest BCUT2D eigenvalue weighted by molar-refractivity contribution is 6.40. The van der Waals surface area contributed by atoms with Gasteiger partial charge in [-0.05, 0) is 56.0 Å². The van der Waals surface area contributed by atoms with Crippen LogP contribution in [0, 0.1) is 19.7 Å². The van der Waals surface area contributed by atoms with Gasteiger partial charge in [0, 0.05) is 13.0 Å². The van der Waals surface area contributed by atoms with Crippen LogP contribution in [0.1, 0.15) is 30.4 Å². The molecule has 1 aliphatic rings. The molecule has 3 rings (SSSR count). The summed E-state index contributed by atoms with van der Waals surface area (Å²) in [5.41, 5.74) is 2.37. The van der Waals surface area contributed by atoms with Crippen molar-refractivity contribution in [1.29, 1.82) is 0 Å². The fourth-order valence-electron chi connectivity index (χ4n) is 2.54. The minimum absolute atomic E-state index is 0.110. The standard InChI is InChI=1S/C12H13Cl2NO.C7H7F/c1-8-6-9(13)12(10(14)7-8)15-5-3-2-4-11(15)16;1-6-4-2-3-5-7(6)8/h6-7H,2-5H2,1H3;2-5H,1H3. The van der Waals surface area contributed by atoms with E-state index in [4.69, 9.17) is 23.2 Å². The molecule has 0 aliphatic carbocycles. The molecule has 1 saturated heterocycles. The number of benzene rings is 2. The Morgan fingerprint density at radius 2 is 1.67 bits per heavy atom.